The van der Waals surface area contributed by atoms with Crippen molar-refractivity contribution in [2.75, 3.05) is 6.61 Å². The molecule has 0 aliphatic heterocycles. The zero-order chi connectivity index (χ0) is 18.1. The highest BCUT2D eigenvalue weighted by atomic mass is 32.2. The van der Waals surface area contributed by atoms with Crippen LogP contribution < -0.4 is 10.2 Å². The molecule has 0 saturated heterocycles. The summed E-state index contributed by atoms with van der Waals surface area (Å²) < 4.78 is 5.42. The number of thioether (sulfide) groups is 1. The Morgan fingerprint density at radius 2 is 1.84 bits per heavy atom. The van der Waals surface area contributed by atoms with Crippen LogP contribution in [0.1, 0.15) is 31.9 Å². The Labute approximate surface area is 153 Å². The number of hydrogen-bond donors (Lipinski definition) is 1. The van der Waals surface area contributed by atoms with Gasteiger partial charge in [0.2, 0.25) is 0 Å². The smallest absolute Gasteiger partial charge is 0.252 e. The number of nitrogens with one attached hydrogen (secondary N) is 1. The highest BCUT2D eigenvalue weighted by molar-refractivity contribution is 7.99. The number of carbonyl (C=O) groups is 1. The predicted octanol–water partition coefficient (Wildman–Crippen LogP) is 4.25. The number of hydrazone groups is 1. The number of benzene rings is 2. The van der Waals surface area contributed by atoms with E-state index < -0.39 is 0 Å². The SMILES string of the molecule is CCOc1ccc(/C(C)=N\NC(=O)[C@@H](C)SCc2ccccc2)cc1. The molecule has 2 aromatic carbocycles. The molecule has 0 aliphatic rings. The third-order valence-electron chi connectivity index (χ3n) is 3.63. The molecule has 0 aromatic heterocycles. The lowest BCUT2D eigenvalue weighted by atomic mass is 10.1. The Morgan fingerprint density at radius 1 is 1.16 bits per heavy atom. The van der Waals surface area contributed by atoms with E-state index in [1.165, 1.54) is 5.56 Å². The van der Waals surface area contributed by atoms with E-state index in [1.807, 2.05) is 63.2 Å². The molecular weight excluding hydrogens is 332 g/mol. The van der Waals surface area contributed by atoms with Crippen molar-refractivity contribution in [3.63, 3.8) is 0 Å². The second-order valence-corrected chi connectivity index (χ2v) is 6.90. The molecule has 0 unspecified atom stereocenters. The van der Waals surface area contributed by atoms with E-state index in [0.29, 0.717) is 6.61 Å². The minimum atomic E-state index is -0.169. The molecule has 2 rings (SSSR count). The first-order chi connectivity index (χ1) is 12.1. The number of ether oxygens (including phenoxy) is 1. The molecule has 5 heteroatoms. The van der Waals surface area contributed by atoms with Crippen molar-refractivity contribution in [3.8, 4) is 5.75 Å². The molecule has 0 radical (unpaired) electrons. The van der Waals surface area contributed by atoms with Gasteiger partial charge in [0.25, 0.3) is 5.91 Å². The Balaban J connectivity index is 1.85. The Morgan fingerprint density at radius 3 is 2.48 bits per heavy atom. The van der Waals surface area contributed by atoms with Gasteiger partial charge in [0.1, 0.15) is 5.75 Å². The van der Waals surface area contributed by atoms with Crippen molar-refractivity contribution in [2.24, 2.45) is 5.10 Å². The van der Waals surface area contributed by atoms with Gasteiger partial charge in [-0.05, 0) is 56.2 Å². The minimum Gasteiger partial charge on any atom is -0.494 e. The summed E-state index contributed by atoms with van der Waals surface area (Å²) in [5.74, 6) is 1.54. The van der Waals surface area contributed by atoms with Crippen LogP contribution >= 0.6 is 11.8 Å². The van der Waals surface area contributed by atoms with Gasteiger partial charge in [-0.2, -0.15) is 5.10 Å². The second-order valence-electron chi connectivity index (χ2n) is 5.57. The van der Waals surface area contributed by atoms with Crippen LogP contribution in [-0.2, 0) is 10.5 Å². The monoisotopic (exact) mass is 356 g/mol. The lowest BCUT2D eigenvalue weighted by Crippen LogP contribution is -2.27. The molecule has 0 fully saturated rings. The third-order valence-corrected chi connectivity index (χ3v) is 4.84. The van der Waals surface area contributed by atoms with Crippen LogP contribution in [0.4, 0.5) is 0 Å². The van der Waals surface area contributed by atoms with Crippen LogP contribution in [0, 0.1) is 0 Å². The molecule has 0 aliphatic carbocycles. The van der Waals surface area contributed by atoms with Gasteiger partial charge >= 0.3 is 0 Å². The standard InChI is InChI=1S/C20H24N2O2S/c1-4-24-19-12-10-18(11-13-19)15(2)21-22-20(23)16(3)25-14-17-8-6-5-7-9-17/h5-13,16H,4,14H2,1-3H3,(H,22,23)/b21-15-/t16-/m1/s1. The molecule has 1 N–H and O–H groups in total. The molecule has 1 atom stereocenters. The quantitative estimate of drug-likeness (QED) is 0.568. The van der Waals surface area contributed by atoms with E-state index in [0.717, 1.165) is 22.8 Å². The van der Waals surface area contributed by atoms with Gasteiger partial charge in [0.15, 0.2) is 0 Å². The predicted molar refractivity (Wildman–Crippen MR) is 105 cm³/mol. The zero-order valence-corrected chi connectivity index (χ0v) is 15.7. The summed E-state index contributed by atoms with van der Waals surface area (Å²) in [4.78, 5) is 12.2. The summed E-state index contributed by atoms with van der Waals surface area (Å²) in [6, 6.07) is 17.8. The van der Waals surface area contributed by atoms with Crippen LogP contribution in [0.2, 0.25) is 0 Å². The van der Waals surface area contributed by atoms with E-state index >= 15 is 0 Å². The lowest BCUT2D eigenvalue weighted by molar-refractivity contribution is -0.120. The topological polar surface area (TPSA) is 50.7 Å². The Hall–Kier alpha value is -2.27. The first-order valence-electron chi connectivity index (χ1n) is 8.33. The number of hydrogen-bond acceptors (Lipinski definition) is 4. The van der Waals surface area contributed by atoms with Gasteiger partial charge in [0, 0.05) is 5.75 Å². The Kier molecular flexibility index (Phi) is 7.54. The summed E-state index contributed by atoms with van der Waals surface area (Å²) in [6.07, 6.45) is 0. The fraction of sp³-hybridized carbons (Fsp3) is 0.300. The van der Waals surface area contributed by atoms with Gasteiger partial charge in [-0.25, -0.2) is 5.43 Å². The first kappa shape index (κ1) is 19.1. The van der Waals surface area contributed by atoms with Gasteiger partial charge in [0.05, 0.1) is 17.6 Å². The molecule has 0 saturated carbocycles. The number of rotatable bonds is 8. The van der Waals surface area contributed by atoms with Crippen molar-refractivity contribution in [2.45, 2.75) is 31.8 Å². The third kappa shape index (κ3) is 6.27. The van der Waals surface area contributed by atoms with Crippen molar-refractivity contribution in [1.29, 1.82) is 0 Å². The maximum Gasteiger partial charge on any atom is 0.252 e. The zero-order valence-electron chi connectivity index (χ0n) is 14.9. The Bertz CT molecular complexity index is 699. The number of amides is 1. The van der Waals surface area contributed by atoms with E-state index in [2.05, 4.69) is 22.7 Å². The molecule has 4 nitrogen and oxygen atoms in total. The molecular formula is C20H24N2O2S. The summed E-state index contributed by atoms with van der Waals surface area (Å²) in [5.41, 5.74) is 5.58. The highest BCUT2D eigenvalue weighted by Crippen LogP contribution is 2.17. The summed E-state index contributed by atoms with van der Waals surface area (Å²) in [5, 5.41) is 4.04. The molecule has 132 valence electrons. The minimum absolute atomic E-state index is 0.0915. The fourth-order valence-electron chi connectivity index (χ4n) is 2.12. The molecule has 25 heavy (non-hydrogen) atoms. The lowest BCUT2D eigenvalue weighted by Gasteiger charge is -2.10. The van der Waals surface area contributed by atoms with E-state index in [-0.39, 0.29) is 11.2 Å². The van der Waals surface area contributed by atoms with Crippen LogP contribution in [-0.4, -0.2) is 23.5 Å². The molecule has 0 heterocycles. The van der Waals surface area contributed by atoms with Crippen molar-refractivity contribution < 1.29 is 9.53 Å². The van der Waals surface area contributed by atoms with Gasteiger partial charge in [-0.15, -0.1) is 11.8 Å². The summed E-state index contributed by atoms with van der Waals surface area (Å²) >= 11 is 1.59. The van der Waals surface area contributed by atoms with E-state index in [9.17, 15) is 4.79 Å². The first-order valence-corrected chi connectivity index (χ1v) is 9.38. The van der Waals surface area contributed by atoms with Crippen LogP contribution in [0.5, 0.6) is 5.75 Å². The van der Waals surface area contributed by atoms with E-state index in [1.54, 1.807) is 11.8 Å². The molecule has 0 bridgehead atoms. The average Bonchev–Trinajstić information content (AvgIpc) is 2.65. The molecule has 2 aromatic rings. The maximum absolute atomic E-state index is 12.2. The molecule has 0 spiro atoms. The van der Waals surface area contributed by atoms with Crippen molar-refractivity contribution in [1.82, 2.24) is 5.43 Å². The van der Waals surface area contributed by atoms with Gasteiger partial charge in [-0.1, -0.05) is 30.3 Å². The maximum atomic E-state index is 12.2. The normalized spacial score (nSPS) is 12.5. The van der Waals surface area contributed by atoms with Crippen LogP contribution in [0.25, 0.3) is 0 Å². The summed E-state index contributed by atoms with van der Waals surface area (Å²) in [6.45, 7) is 6.36. The van der Waals surface area contributed by atoms with Gasteiger partial charge in [-0.3, -0.25) is 4.79 Å². The van der Waals surface area contributed by atoms with Crippen LogP contribution in [0.3, 0.4) is 0 Å². The number of carbonyl (C=O) groups excluding carboxylic acids is 1. The van der Waals surface area contributed by atoms with Crippen molar-refractivity contribution >= 4 is 23.4 Å². The second kappa shape index (κ2) is 9.89. The highest BCUT2D eigenvalue weighted by Gasteiger charge is 2.13. The summed E-state index contributed by atoms with van der Waals surface area (Å²) in [7, 11) is 0. The van der Waals surface area contributed by atoms with Crippen LogP contribution in [0.15, 0.2) is 59.7 Å². The number of nitrogens with zero attached hydrogens (tertiary/aromatic N) is 1. The van der Waals surface area contributed by atoms with Crippen molar-refractivity contribution in [3.05, 3.63) is 65.7 Å². The van der Waals surface area contributed by atoms with E-state index in [4.69, 9.17) is 4.74 Å². The molecule has 1 amide bonds. The fourth-order valence-corrected chi connectivity index (χ4v) is 2.96. The average molecular weight is 356 g/mol. The van der Waals surface area contributed by atoms with Gasteiger partial charge < -0.3 is 4.74 Å². The largest absolute Gasteiger partial charge is 0.494 e.